The minimum Gasteiger partial charge on any atom is -0.494 e. The van der Waals surface area contributed by atoms with E-state index in [1.54, 1.807) is 20.8 Å². The van der Waals surface area contributed by atoms with E-state index in [1.807, 2.05) is 0 Å². The third-order valence-corrected chi connectivity index (χ3v) is 7.45. The number of aryl methyl sites for hydroxylation is 1. The second-order valence-corrected chi connectivity index (χ2v) is 10.0. The number of furan rings is 1. The number of carbonyl (C=O) groups is 2. The molecule has 12 heteroatoms. The zero-order valence-corrected chi connectivity index (χ0v) is 22.1. The van der Waals surface area contributed by atoms with E-state index >= 15 is 0 Å². The molecule has 0 saturated carbocycles. The van der Waals surface area contributed by atoms with Gasteiger partial charge in [0, 0.05) is 23.1 Å². The normalized spacial score (nSPS) is 11.3. The molecule has 202 valence electrons. The van der Waals surface area contributed by atoms with Gasteiger partial charge in [-0.25, -0.2) is 13.2 Å². The molecule has 4 aromatic rings. The van der Waals surface area contributed by atoms with Crippen molar-refractivity contribution in [3.05, 3.63) is 93.7 Å². The van der Waals surface area contributed by atoms with Gasteiger partial charge >= 0.3 is 5.97 Å². The zero-order chi connectivity index (χ0) is 28.3. The summed E-state index contributed by atoms with van der Waals surface area (Å²) in [7, 11) is -4.56. The van der Waals surface area contributed by atoms with Crippen LogP contribution in [-0.4, -0.2) is 38.4 Å². The molecule has 0 radical (unpaired) electrons. The standard InChI is InChI=1S/C27H24N2O9S/c1-4-36-21-10-12-22(13-11-21)39(34,35)28(26(30)18-7-6-8-20(15-18)29(32)33)19-9-14-24-23(16-19)25(17(3)38-24)27(31)37-5-2/h6-16H,4-5H2,1-3H3. The van der Waals surface area contributed by atoms with E-state index in [1.165, 1.54) is 60.7 Å². The molecule has 0 atom stereocenters. The Morgan fingerprint density at radius 3 is 2.36 bits per heavy atom. The number of nitro groups is 1. The van der Waals surface area contributed by atoms with Gasteiger partial charge in [0.1, 0.15) is 22.7 Å². The molecule has 0 aliphatic heterocycles. The monoisotopic (exact) mass is 552 g/mol. The number of esters is 1. The summed E-state index contributed by atoms with van der Waals surface area (Å²) in [5.74, 6) is -1.02. The highest BCUT2D eigenvalue weighted by molar-refractivity contribution is 7.93. The van der Waals surface area contributed by atoms with Gasteiger partial charge in [0.05, 0.1) is 28.7 Å². The second kappa shape index (κ2) is 11.0. The van der Waals surface area contributed by atoms with Gasteiger partial charge in [-0.05, 0) is 69.3 Å². The summed E-state index contributed by atoms with van der Waals surface area (Å²) in [4.78, 5) is 36.8. The van der Waals surface area contributed by atoms with Crippen molar-refractivity contribution in [2.24, 2.45) is 0 Å². The average molecular weight is 553 g/mol. The number of nitrogens with zero attached hydrogens (tertiary/aromatic N) is 2. The van der Waals surface area contributed by atoms with Crippen molar-refractivity contribution in [3.63, 3.8) is 0 Å². The Morgan fingerprint density at radius 2 is 1.72 bits per heavy atom. The third kappa shape index (κ3) is 5.32. The lowest BCUT2D eigenvalue weighted by atomic mass is 10.1. The summed E-state index contributed by atoms with van der Waals surface area (Å²) in [6.07, 6.45) is 0. The molecular formula is C27H24N2O9S. The first-order valence-electron chi connectivity index (χ1n) is 11.9. The van der Waals surface area contributed by atoms with E-state index in [0.29, 0.717) is 16.7 Å². The maximum absolute atomic E-state index is 13.9. The summed E-state index contributed by atoms with van der Waals surface area (Å²) >= 11 is 0. The molecule has 1 heterocycles. The van der Waals surface area contributed by atoms with Crippen molar-refractivity contribution in [1.82, 2.24) is 0 Å². The van der Waals surface area contributed by atoms with Gasteiger partial charge in [-0.3, -0.25) is 14.9 Å². The number of hydrogen-bond acceptors (Lipinski definition) is 9. The number of nitro benzene ring substituents is 1. The maximum atomic E-state index is 13.9. The predicted octanol–water partition coefficient (Wildman–Crippen LogP) is 5.26. The van der Waals surface area contributed by atoms with Gasteiger partial charge in [-0.2, -0.15) is 4.31 Å². The van der Waals surface area contributed by atoms with Gasteiger partial charge < -0.3 is 13.9 Å². The van der Waals surface area contributed by atoms with Crippen LogP contribution in [0.5, 0.6) is 5.75 Å². The maximum Gasteiger partial charge on any atom is 0.342 e. The molecule has 11 nitrogen and oxygen atoms in total. The van der Waals surface area contributed by atoms with Crippen LogP contribution in [0.3, 0.4) is 0 Å². The summed E-state index contributed by atoms with van der Waals surface area (Å²) in [5.41, 5.74) is -0.354. The summed E-state index contributed by atoms with van der Waals surface area (Å²) in [6.45, 7) is 5.46. The van der Waals surface area contributed by atoms with E-state index in [-0.39, 0.29) is 50.7 Å². The number of fused-ring (bicyclic) bond motifs is 1. The van der Waals surface area contributed by atoms with Crippen LogP contribution in [0.15, 0.2) is 76.0 Å². The lowest BCUT2D eigenvalue weighted by Crippen LogP contribution is -2.37. The van der Waals surface area contributed by atoms with Gasteiger partial charge in [-0.15, -0.1) is 0 Å². The Morgan fingerprint density at radius 1 is 1.00 bits per heavy atom. The van der Waals surface area contributed by atoms with Crippen molar-refractivity contribution in [2.45, 2.75) is 25.7 Å². The fourth-order valence-electron chi connectivity index (χ4n) is 4.01. The Balaban J connectivity index is 1.92. The van der Waals surface area contributed by atoms with Crippen molar-refractivity contribution < 1.29 is 36.8 Å². The van der Waals surface area contributed by atoms with Crippen LogP contribution in [0.1, 0.15) is 40.3 Å². The first kappa shape index (κ1) is 27.3. The van der Waals surface area contributed by atoms with Crippen LogP contribution in [0.2, 0.25) is 0 Å². The van der Waals surface area contributed by atoms with Gasteiger partial charge in [0.25, 0.3) is 21.6 Å². The topological polar surface area (TPSA) is 146 Å². The lowest BCUT2D eigenvalue weighted by molar-refractivity contribution is -0.384. The number of carbonyl (C=O) groups excluding carboxylic acids is 2. The van der Waals surface area contributed by atoms with Crippen LogP contribution in [-0.2, 0) is 14.8 Å². The molecule has 0 spiro atoms. The SMILES string of the molecule is CCOC(=O)c1c(C)oc2ccc(N(C(=O)c3cccc([N+](=O)[O-])c3)S(=O)(=O)c3ccc(OCC)cc3)cc12. The van der Waals surface area contributed by atoms with E-state index in [4.69, 9.17) is 13.9 Å². The molecule has 0 saturated heterocycles. The number of anilines is 1. The number of non-ortho nitro benzene ring substituents is 1. The van der Waals surface area contributed by atoms with Gasteiger partial charge in [0.15, 0.2) is 0 Å². The van der Waals surface area contributed by atoms with E-state index in [9.17, 15) is 28.1 Å². The lowest BCUT2D eigenvalue weighted by Gasteiger charge is -2.23. The highest BCUT2D eigenvalue weighted by atomic mass is 32.2. The predicted molar refractivity (Wildman–Crippen MR) is 142 cm³/mol. The smallest absolute Gasteiger partial charge is 0.342 e. The van der Waals surface area contributed by atoms with Crippen molar-refractivity contribution in [1.29, 1.82) is 0 Å². The molecule has 4 rings (SSSR count). The van der Waals surface area contributed by atoms with E-state index < -0.39 is 26.8 Å². The molecule has 0 aliphatic carbocycles. The van der Waals surface area contributed by atoms with E-state index in [2.05, 4.69) is 0 Å². The van der Waals surface area contributed by atoms with Gasteiger partial charge in [-0.1, -0.05) is 6.07 Å². The fraction of sp³-hybridized carbons (Fsp3) is 0.185. The first-order valence-corrected chi connectivity index (χ1v) is 13.3. The number of benzene rings is 3. The molecule has 0 N–H and O–H groups in total. The van der Waals surface area contributed by atoms with Crippen LogP contribution >= 0.6 is 0 Å². The molecule has 0 fully saturated rings. The average Bonchev–Trinajstić information content (AvgIpc) is 3.24. The van der Waals surface area contributed by atoms with E-state index in [0.717, 1.165) is 6.07 Å². The Labute approximate surface area is 223 Å². The van der Waals surface area contributed by atoms with Crippen LogP contribution in [0, 0.1) is 17.0 Å². The van der Waals surface area contributed by atoms with Crippen molar-refractivity contribution in [2.75, 3.05) is 17.5 Å². The third-order valence-electron chi connectivity index (χ3n) is 5.72. The largest absolute Gasteiger partial charge is 0.494 e. The fourth-order valence-corrected chi connectivity index (χ4v) is 5.41. The van der Waals surface area contributed by atoms with Crippen molar-refractivity contribution in [3.8, 4) is 5.75 Å². The van der Waals surface area contributed by atoms with Crippen LogP contribution in [0.25, 0.3) is 11.0 Å². The molecule has 3 aromatic carbocycles. The summed E-state index contributed by atoms with van der Waals surface area (Å²) < 4.78 is 44.5. The molecule has 1 aromatic heterocycles. The molecular weight excluding hydrogens is 528 g/mol. The highest BCUT2D eigenvalue weighted by Gasteiger charge is 2.33. The van der Waals surface area contributed by atoms with Crippen LogP contribution < -0.4 is 9.04 Å². The quantitative estimate of drug-likeness (QED) is 0.154. The highest BCUT2D eigenvalue weighted by Crippen LogP contribution is 2.34. The Bertz CT molecular complexity index is 1680. The zero-order valence-electron chi connectivity index (χ0n) is 21.2. The summed E-state index contributed by atoms with van der Waals surface area (Å²) in [6, 6.07) is 14.3. The second-order valence-electron chi connectivity index (χ2n) is 8.22. The molecule has 1 amide bonds. The Kier molecular flexibility index (Phi) is 7.68. The van der Waals surface area contributed by atoms with Crippen LogP contribution in [0.4, 0.5) is 11.4 Å². The Hall–Kier alpha value is -4.71. The molecule has 0 bridgehead atoms. The minimum absolute atomic E-state index is 0.0925. The van der Waals surface area contributed by atoms with Crippen molar-refractivity contribution >= 4 is 44.2 Å². The number of hydrogen-bond donors (Lipinski definition) is 0. The molecule has 0 unspecified atom stereocenters. The van der Waals surface area contributed by atoms with Gasteiger partial charge in [0.2, 0.25) is 0 Å². The number of rotatable bonds is 9. The molecule has 39 heavy (non-hydrogen) atoms. The first-order chi connectivity index (χ1) is 18.6. The summed E-state index contributed by atoms with van der Waals surface area (Å²) in [5, 5.41) is 11.6. The number of sulfonamides is 1. The molecule has 0 aliphatic rings. The minimum atomic E-state index is -4.56. The number of ether oxygens (including phenoxy) is 2. The number of amides is 1.